The zero-order valence-electron chi connectivity index (χ0n) is 15.3. The van der Waals surface area contributed by atoms with Crippen molar-refractivity contribution in [3.05, 3.63) is 59.7 Å². The number of nitrogens with one attached hydrogen (secondary N) is 1. The van der Waals surface area contributed by atoms with Crippen LogP contribution in [-0.2, 0) is 4.79 Å². The molecule has 5 heteroatoms. The predicted molar refractivity (Wildman–Crippen MR) is 104 cm³/mol. The topological polar surface area (TPSA) is 59.4 Å². The quantitative estimate of drug-likeness (QED) is 0.923. The van der Waals surface area contributed by atoms with E-state index in [1.807, 2.05) is 13.0 Å². The number of para-hydroxylation sites is 2. The summed E-state index contributed by atoms with van der Waals surface area (Å²) in [4.78, 5) is 17.2. The number of piperazine rings is 1. The zero-order valence-corrected chi connectivity index (χ0v) is 15.3. The number of nitriles is 1. The molecule has 1 aliphatic rings. The SMILES string of the molecule is Cc1ccccc1N1CCN([C@@H](C)C(=O)Nc2ccccc2C#N)CC1. The summed E-state index contributed by atoms with van der Waals surface area (Å²) in [5.74, 6) is -0.0722. The van der Waals surface area contributed by atoms with Crippen LogP contribution in [-0.4, -0.2) is 43.0 Å². The number of aryl methyl sites for hydroxylation is 1. The van der Waals surface area contributed by atoms with E-state index < -0.39 is 0 Å². The van der Waals surface area contributed by atoms with Crippen LogP contribution in [0, 0.1) is 18.3 Å². The van der Waals surface area contributed by atoms with Crippen LogP contribution in [0.4, 0.5) is 11.4 Å². The average molecular weight is 348 g/mol. The molecule has 1 N–H and O–H groups in total. The van der Waals surface area contributed by atoms with Crippen molar-refractivity contribution in [3.8, 4) is 6.07 Å². The predicted octanol–water partition coefficient (Wildman–Crippen LogP) is 3.02. The maximum Gasteiger partial charge on any atom is 0.241 e. The molecule has 0 unspecified atom stereocenters. The highest BCUT2D eigenvalue weighted by Gasteiger charge is 2.26. The lowest BCUT2D eigenvalue weighted by Gasteiger charge is -2.39. The third-order valence-electron chi connectivity index (χ3n) is 5.00. The van der Waals surface area contributed by atoms with Gasteiger partial charge in [0.25, 0.3) is 0 Å². The van der Waals surface area contributed by atoms with E-state index in [4.69, 9.17) is 5.26 Å². The van der Waals surface area contributed by atoms with E-state index in [0.717, 1.165) is 26.2 Å². The Bertz CT molecular complexity index is 819. The molecule has 0 aromatic heterocycles. The maximum atomic E-state index is 12.6. The van der Waals surface area contributed by atoms with Gasteiger partial charge in [0.05, 0.1) is 17.3 Å². The summed E-state index contributed by atoms with van der Waals surface area (Å²) in [6, 6.07) is 17.4. The minimum atomic E-state index is -0.235. The van der Waals surface area contributed by atoms with Crippen LogP contribution in [0.5, 0.6) is 0 Å². The second kappa shape index (κ2) is 8.03. The van der Waals surface area contributed by atoms with Gasteiger partial charge in [-0.15, -0.1) is 0 Å². The lowest BCUT2D eigenvalue weighted by molar-refractivity contribution is -0.120. The molecule has 2 aromatic carbocycles. The van der Waals surface area contributed by atoms with Crippen molar-refractivity contribution in [3.63, 3.8) is 0 Å². The standard InChI is InChI=1S/C21H24N4O/c1-16-7-3-6-10-20(16)25-13-11-24(12-14-25)17(2)21(26)23-19-9-5-4-8-18(19)15-22/h3-10,17H,11-14H2,1-2H3,(H,23,26)/t17-/m0/s1. The normalized spacial score (nSPS) is 16.0. The largest absolute Gasteiger partial charge is 0.369 e. The fourth-order valence-electron chi connectivity index (χ4n) is 3.36. The van der Waals surface area contributed by atoms with Gasteiger partial charge < -0.3 is 10.2 Å². The molecule has 134 valence electrons. The number of nitrogens with zero attached hydrogens (tertiary/aromatic N) is 3. The molecule has 1 amide bonds. The molecule has 1 saturated heterocycles. The number of carbonyl (C=O) groups excluding carboxylic acids is 1. The molecule has 26 heavy (non-hydrogen) atoms. The van der Waals surface area contributed by atoms with Gasteiger partial charge in [0.2, 0.25) is 5.91 Å². The highest BCUT2D eigenvalue weighted by atomic mass is 16.2. The van der Waals surface area contributed by atoms with Gasteiger partial charge in [-0.25, -0.2) is 0 Å². The van der Waals surface area contributed by atoms with Gasteiger partial charge in [-0.2, -0.15) is 5.26 Å². The van der Waals surface area contributed by atoms with Gasteiger partial charge >= 0.3 is 0 Å². The van der Waals surface area contributed by atoms with E-state index in [0.29, 0.717) is 11.3 Å². The van der Waals surface area contributed by atoms with Crippen molar-refractivity contribution in [2.45, 2.75) is 19.9 Å². The second-order valence-electron chi connectivity index (χ2n) is 6.63. The Morgan fingerprint density at radius 1 is 1.08 bits per heavy atom. The molecule has 1 atom stereocenters. The molecule has 0 saturated carbocycles. The first-order valence-electron chi connectivity index (χ1n) is 8.95. The van der Waals surface area contributed by atoms with Crippen molar-refractivity contribution in [2.75, 3.05) is 36.4 Å². The molecule has 1 fully saturated rings. The Hall–Kier alpha value is -2.84. The van der Waals surface area contributed by atoms with Crippen LogP contribution in [0.1, 0.15) is 18.1 Å². The molecule has 3 rings (SSSR count). The first kappa shape index (κ1) is 18.0. The van der Waals surface area contributed by atoms with Crippen LogP contribution in [0.25, 0.3) is 0 Å². The average Bonchev–Trinajstić information content (AvgIpc) is 2.68. The molecule has 5 nitrogen and oxygen atoms in total. The van der Waals surface area contributed by atoms with Gasteiger partial charge in [-0.05, 0) is 37.6 Å². The highest BCUT2D eigenvalue weighted by Crippen LogP contribution is 2.22. The minimum absolute atomic E-state index is 0.0722. The van der Waals surface area contributed by atoms with E-state index >= 15 is 0 Å². The summed E-state index contributed by atoms with van der Waals surface area (Å²) >= 11 is 0. The molecule has 2 aromatic rings. The summed E-state index contributed by atoms with van der Waals surface area (Å²) in [7, 11) is 0. The van der Waals surface area contributed by atoms with Gasteiger partial charge in [0.15, 0.2) is 0 Å². The Morgan fingerprint density at radius 2 is 1.73 bits per heavy atom. The fraction of sp³-hybridized carbons (Fsp3) is 0.333. The molecular formula is C21H24N4O. The Balaban J connectivity index is 1.60. The summed E-state index contributed by atoms with van der Waals surface area (Å²) in [5, 5.41) is 12.1. The number of anilines is 2. The maximum absolute atomic E-state index is 12.6. The Morgan fingerprint density at radius 3 is 2.42 bits per heavy atom. The number of benzene rings is 2. The van der Waals surface area contributed by atoms with E-state index in [1.165, 1.54) is 11.3 Å². The first-order chi connectivity index (χ1) is 12.6. The third kappa shape index (κ3) is 3.87. The molecule has 1 aliphatic heterocycles. The van der Waals surface area contributed by atoms with Crippen molar-refractivity contribution in [2.24, 2.45) is 0 Å². The number of hydrogen-bond donors (Lipinski definition) is 1. The van der Waals surface area contributed by atoms with E-state index in [-0.39, 0.29) is 11.9 Å². The zero-order chi connectivity index (χ0) is 18.5. The number of rotatable bonds is 4. The van der Waals surface area contributed by atoms with Gasteiger partial charge in [0.1, 0.15) is 6.07 Å². The lowest BCUT2D eigenvalue weighted by atomic mass is 10.1. The van der Waals surface area contributed by atoms with Gasteiger partial charge in [0, 0.05) is 31.9 Å². The summed E-state index contributed by atoms with van der Waals surface area (Å²) < 4.78 is 0. The molecule has 0 bridgehead atoms. The van der Waals surface area contributed by atoms with Crippen LogP contribution < -0.4 is 10.2 Å². The number of amides is 1. The lowest BCUT2D eigenvalue weighted by Crippen LogP contribution is -2.53. The van der Waals surface area contributed by atoms with Crippen LogP contribution in [0.15, 0.2) is 48.5 Å². The minimum Gasteiger partial charge on any atom is -0.369 e. The third-order valence-corrected chi connectivity index (χ3v) is 5.00. The summed E-state index contributed by atoms with van der Waals surface area (Å²) in [6.07, 6.45) is 0. The summed E-state index contributed by atoms with van der Waals surface area (Å²) in [5.41, 5.74) is 3.61. The van der Waals surface area contributed by atoms with E-state index in [1.54, 1.807) is 18.2 Å². The Kier molecular flexibility index (Phi) is 5.55. The molecule has 0 spiro atoms. The van der Waals surface area contributed by atoms with E-state index in [9.17, 15) is 4.79 Å². The molecule has 0 radical (unpaired) electrons. The smallest absolute Gasteiger partial charge is 0.241 e. The van der Waals surface area contributed by atoms with Crippen molar-refractivity contribution < 1.29 is 4.79 Å². The van der Waals surface area contributed by atoms with Gasteiger partial charge in [-0.3, -0.25) is 9.69 Å². The van der Waals surface area contributed by atoms with E-state index in [2.05, 4.69) is 52.4 Å². The number of hydrogen-bond acceptors (Lipinski definition) is 4. The van der Waals surface area contributed by atoms with Crippen molar-refractivity contribution in [1.82, 2.24) is 4.90 Å². The second-order valence-corrected chi connectivity index (χ2v) is 6.63. The Labute approximate surface area is 154 Å². The van der Waals surface area contributed by atoms with Crippen LogP contribution >= 0.6 is 0 Å². The molecule has 0 aliphatic carbocycles. The molecular weight excluding hydrogens is 324 g/mol. The summed E-state index contributed by atoms with van der Waals surface area (Å²) in [6.45, 7) is 7.53. The highest BCUT2D eigenvalue weighted by molar-refractivity contribution is 5.95. The number of carbonyl (C=O) groups is 1. The van der Waals surface area contributed by atoms with Gasteiger partial charge in [-0.1, -0.05) is 30.3 Å². The monoisotopic (exact) mass is 348 g/mol. The molecule has 1 heterocycles. The van der Waals surface area contributed by atoms with Crippen LogP contribution in [0.2, 0.25) is 0 Å². The van der Waals surface area contributed by atoms with Crippen molar-refractivity contribution >= 4 is 17.3 Å². The van der Waals surface area contributed by atoms with Crippen LogP contribution in [0.3, 0.4) is 0 Å². The fourth-order valence-corrected chi connectivity index (χ4v) is 3.36. The first-order valence-corrected chi connectivity index (χ1v) is 8.95. The van der Waals surface area contributed by atoms with Crippen molar-refractivity contribution in [1.29, 1.82) is 5.26 Å².